The summed E-state index contributed by atoms with van der Waals surface area (Å²) in [7, 11) is 0. The van der Waals surface area contributed by atoms with E-state index in [1.807, 2.05) is 0 Å². The number of hydrogen-bond acceptors (Lipinski definition) is 4. The molecule has 0 fully saturated rings. The largest absolute Gasteiger partial charge is 0.481 e. The molecule has 0 heterocycles. The Kier molecular flexibility index (Phi) is 4.55. The molecule has 0 spiro atoms. The molecule has 0 aliphatic carbocycles. The third-order valence-corrected chi connectivity index (χ3v) is 0.952. The van der Waals surface area contributed by atoms with Crippen LogP contribution in [0, 0.1) is 0 Å². The monoisotopic (exact) mass is 173 g/mol. The first kappa shape index (κ1) is 10.5. The zero-order valence-corrected chi connectivity index (χ0v) is 6.49. The Labute approximate surface area is 69.8 Å². The highest BCUT2D eigenvalue weighted by molar-refractivity contribution is 5.83. The standard InChI is InChI=1S/C7H11NO4/c1-5(7(10)11)12-6(9)3-2-4-8/h3,9H,1-2,4,8H2,(H,10,11)/b6-3+. The van der Waals surface area contributed by atoms with Crippen LogP contribution >= 0.6 is 0 Å². The molecule has 0 radical (unpaired) electrons. The number of ether oxygens (including phenoxy) is 1. The Morgan fingerprint density at radius 1 is 1.58 bits per heavy atom. The van der Waals surface area contributed by atoms with Gasteiger partial charge in [0.2, 0.25) is 5.76 Å². The lowest BCUT2D eigenvalue weighted by Crippen LogP contribution is -2.04. The van der Waals surface area contributed by atoms with Crippen molar-refractivity contribution in [1.29, 1.82) is 0 Å². The predicted molar refractivity (Wildman–Crippen MR) is 42.2 cm³/mol. The number of hydrogen-bond donors (Lipinski definition) is 3. The summed E-state index contributed by atoms with van der Waals surface area (Å²) in [6.07, 6.45) is 1.69. The molecule has 0 saturated heterocycles. The van der Waals surface area contributed by atoms with Crippen LogP contribution in [0.3, 0.4) is 0 Å². The Bertz CT molecular complexity index is 209. The van der Waals surface area contributed by atoms with E-state index in [1.165, 1.54) is 6.08 Å². The molecule has 0 unspecified atom stereocenters. The summed E-state index contributed by atoms with van der Waals surface area (Å²) >= 11 is 0. The first-order valence-corrected chi connectivity index (χ1v) is 3.27. The molecular formula is C7H11NO4. The second kappa shape index (κ2) is 5.20. The molecule has 68 valence electrons. The van der Waals surface area contributed by atoms with E-state index in [0.717, 1.165) is 0 Å². The van der Waals surface area contributed by atoms with Crippen LogP contribution in [0.5, 0.6) is 0 Å². The van der Waals surface area contributed by atoms with Gasteiger partial charge < -0.3 is 20.7 Å². The van der Waals surface area contributed by atoms with Crippen molar-refractivity contribution >= 4 is 5.97 Å². The Hall–Kier alpha value is -1.49. The number of carbonyl (C=O) groups is 1. The van der Waals surface area contributed by atoms with Crippen molar-refractivity contribution in [2.24, 2.45) is 5.73 Å². The van der Waals surface area contributed by atoms with E-state index in [1.54, 1.807) is 0 Å². The fraction of sp³-hybridized carbons (Fsp3) is 0.286. The van der Waals surface area contributed by atoms with E-state index >= 15 is 0 Å². The molecule has 0 aromatic rings. The van der Waals surface area contributed by atoms with Gasteiger partial charge in [-0.3, -0.25) is 0 Å². The predicted octanol–water partition coefficient (Wildman–Crippen LogP) is 0.350. The second-order valence-corrected chi connectivity index (χ2v) is 1.95. The fourth-order valence-electron chi connectivity index (χ4n) is 0.418. The van der Waals surface area contributed by atoms with Gasteiger partial charge in [0.25, 0.3) is 5.95 Å². The van der Waals surface area contributed by atoms with Crippen LogP contribution < -0.4 is 5.73 Å². The summed E-state index contributed by atoms with van der Waals surface area (Å²) in [5.74, 6) is -2.34. The molecule has 5 heteroatoms. The highest BCUT2D eigenvalue weighted by Crippen LogP contribution is 2.01. The number of carboxylic acids is 1. The minimum Gasteiger partial charge on any atom is -0.481 e. The Morgan fingerprint density at radius 2 is 2.17 bits per heavy atom. The van der Waals surface area contributed by atoms with Crippen LogP contribution in [-0.2, 0) is 9.53 Å². The van der Waals surface area contributed by atoms with Crippen molar-refractivity contribution in [3.63, 3.8) is 0 Å². The average Bonchev–Trinajstić information content (AvgIpc) is 2.00. The molecule has 0 aromatic carbocycles. The van der Waals surface area contributed by atoms with Crippen molar-refractivity contribution in [1.82, 2.24) is 0 Å². The van der Waals surface area contributed by atoms with Gasteiger partial charge in [-0.15, -0.1) is 0 Å². The van der Waals surface area contributed by atoms with Gasteiger partial charge in [0.05, 0.1) is 0 Å². The number of carboxylic acid groups (broad SMARTS) is 1. The quantitative estimate of drug-likeness (QED) is 0.412. The molecule has 0 saturated carbocycles. The maximum atomic E-state index is 10.1. The molecule has 0 atom stereocenters. The molecule has 5 nitrogen and oxygen atoms in total. The van der Waals surface area contributed by atoms with Gasteiger partial charge >= 0.3 is 5.97 Å². The number of aliphatic hydroxyl groups is 1. The molecule has 0 amide bonds. The summed E-state index contributed by atoms with van der Waals surface area (Å²) < 4.78 is 4.38. The van der Waals surface area contributed by atoms with Gasteiger partial charge in [0, 0.05) is 0 Å². The minimum atomic E-state index is -1.32. The zero-order valence-electron chi connectivity index (χ0n) is 6.49. The van der Waals surface area contributed by atoms with E-state index in [-0.39, 0.29) is 0 Å². The van der Waals surface area contributed by atoms with Crippen molar-refractivity contribution in [2.45, 2.75) is 6.42 Å². The molecule has 0 bridgehead atoms. The molecule has 0 aliphatic heterocycles. The van der Waals surface area contributed by atoms with Crippen molar-refractivity contribution in [3.05, 3.63) is 24.4 Å². The fourth-order valence-corrected chi connectivity index (χ4v) is 0.418. The smallest absolute Gasteiger partial charge is 0.371 e. The molecule has 0 aromatic heterocycles. The van der Waals surface area contributed by atoms with Gasteiger partial charge in [0.1, 0.15) is 0 Å². The van der Waals surface area contributed by atoms with Crippen LogP contribution in [0.15, 0.2) is 24.4 Å². The van der Waals surface area contributed by atoms with Crippen LogP contribution in [0.1, 0.15) is 6.42 Å². The Morgan fingerprint density at radius 3 is 2.58 bits per heavy atom. The first-order chi connectivity index (χ1) is 5.57. The van der Waals surface area contributed by atoms with Gasteiger partial charge in [-0.2, -0.15) is 0 Å². The van der Waals surface area contributed by atoms with Crippen LogP contribution in [0.2, 0.25) is 0 Å². The molecular weight excluding hydrogens is 162 g/mol. The van der Waals surface area contributed by atoms with Crippen LogP contribution in [-0.4, -0.2) is 22.7 Å². The third-order valence-electron chi connectivity index (χ3n) is 0.952. The second-order valence-electron chi connectivity index (χ2n) is 1.95. The third kappa shape index (κ3) is 4.35. The lowest BCUT2D eigenvalue weighted by molar-refractivity contribution is -0.136. The number of nitrogens with two attached hydrogens (primary N) is 1. The van der Waals surface area contributed by atoms with Crippen molar-refractivity contribution < 1.29 is 19.7 Å². The molecule has 12 heavy (non-hydrogen) atoms. The normalized spacial score (nSPS) is 10.9. The molecule has 4 N–H and O–H groups in total. The number of aliphatic hydroxyl groups excluding tert-OH is 1. The van der Waals surface area contributed by atoms with Gasteiger partial charge in [-0.05, 0) is 25.6 Å². The maximum Gasteiger partial charge on any atom is 0.371 e. The summed E-state index contributed by atoms with van der Waals surface area (Å²) in [6.45, 7) is 3.40. The summed E-state index contributed by atoms with van der Waals surface area (Å²) in [5, 5.41) is 17.1. The SMILES string of the molecule is C=C(O/C(O)=C/CCN)C(=O)O. The van der Waals surface area contributed by atoms with Crippen LogP contribution in [0.4, 0.5) is 0 Å². The van der Waals surface area contributed by atoms with E-state index in [9.17, 15) is 4.79 Å². The summed E-state index contributed by atoms with van der Waals surface area (Å²) in [6, 6.07) is 0. The average molecular weight is 173 g/mol. The van der Waals surface area contributed by atoms with Crippen LogP contribution in [0.25, 0.3) is 0 Å². The lowest BCUT2D eigenvalue weighted by Gasteiger charge is -2.01. The summed E-state index contributed by atoms with van der Waals surface area (Å²) in [5.41, 5.74) is 5.12. The van der Waals surface area contributed by atoms with Gasteiger partial charge in [-0.25, -0.2) is 4.79 Å². The zero-order chi connectivity index (χ0) is 9.56. The van der Waals surface area contributed by atoms with Gasteiger partial charge in [-0.1, -0.05) is 0 Å². The highest BCUT2D eigenvalue weighted by Gasteiger charge is 2.06. The topological polar surface area (TPSA) is 92.8 Å². The Balaban J connectivity index is 3.91. The van der Waals surface area contributed by atoms with Gasteiger partial charge in [0.15, 0.2) is 0 Å². The van der Waals surface area contributed by atoms with E-state index in [4.69, 9.17) is 15.9 Å². The first-order valence-electron chi connectivity index (χ1n) is 3.27. The maximum absolute atomic E-state index is 10.1. The molecule has 0 rings (SSSR count). The van der Waals surface area contributed by atoms with E-state index < -0.39 is 17.7 Å². The van der Waals surface area contributed by atoms with Crippen molar-refractivity contribution in [3.8, 4) is 0 Å². The lowest BCUT2D eigenvalue weighted by atomic mass is 10.4. The van der Waals surface area contributed by atoms with Crippen molar-refractivity contribution in [2.75, 3.05) is 6.54 Å². The van der Waals surface area contributed by atoms with E-state index in [0.29, 0.717) is 13.0 Å². The molecule has 0 aliphatic rings. The highest BCUT2D eigenvalue weighted by atomic mass is 16.6. The number of aliphatic carboxylic acids is 1. The van der Waals surface area contributed by atoms with E-state index in [2.05, 4.69) is 11.3 Å². The minimum absolute atomic E-state index is 0.354. The number of rotatable bonds is 5. The summed E-state index contributed by atoms with van der Waals surface area (Å²) in [4.78, 5) is 10.1.